The Morgan fingerprint density at radius 1 is 1.70 bits per heavy atom. The Morgan fingerprint density at radius 2 is 2.30 bits per heavy atom. The molecule has 0 amide bonds. The molecule has 0 fully saturated rings. The van der Waals surface area contributed by atoms with Crippen LogP contribution in [0.2, 0.25) is 0 Å². The number of carbonyl (C=O) groups excluding carboxylic acids is 1. The molecule has 0 aromatic heterocycles. The monoisotopic (exact) mass is 142 g/mol. The molecule has 0 saturated carbocycles. The van der Waals surface area contributed by atoms with Crippen molar-refractivity contribution in [3.05, 3.63) is 0 Å². The summed E-state index contributed by atoms with van der Waals surface area (Å²) in [6, 6.07) is 0. The molecule has 3 heteroatoms. The maximum Gasteiger partial charge on any atom is 0.509 e. The standard InChI is InChI=1S/C7H10O3/c1-4-5-9-7(8)10-6(2)3/h1,6H,5H2,2-3H3. The van der Waals surface area contributed by atoms with E-state index in [0.717, 1.165) is 0 Å². The van der Waals surface area contributed by atoms with Gasteiger partial charge in [0.1, 0.15) is 0 Å². The highest BCUT2D eigenvalue weighted by Gasteiger charge is 2.03. The van der Waals surface area contributed by atoms with Gasteiger partial charge in [-0.1, -0.05) is 5.92 Å². The Morgan fingerprint density at radius 3 is 2.70 bits per heavy atom. The van der Waals surface area contributed by atoms with Gasteiger partial charge in [-0.15, -0.1) is 6.42 Å². The van der Waals surface area contributed by atoms with Crippen LogP contribution in [-0.2, 0) is 9.47 Å². The molecule has 3 nitrogen and oxygen atoms in total. The predicted octanol–water partition coefficient (Wildman–Crippen LogP) is 1.18. The van der Waals surface area contributed by atoms with E-state index in [1.165, 1.54) is 0 Å². The summed E-state index contributed by atoms with van der Waals surface area (Å²) in [6.45, 7) is 3.43. The molecule has 0 aromatic carbocycles. The van der Waals surface area contributed by atoms with E-state index in [0.29, 0.717) is 0 Å². The SMILES string of the molecule is C#CCOC(=O)OC(C)C. The van der Waals surface area contributed by atoms with Gasteiger partial charge in [0, 0.05) is 0 Å². The van der Waals surface area contributed by atoms with Crippen molar-refractivity contribution in [3.8, 4) is 12.3 Å². The minimum Gasteiger partial charge on any atom is -0.432 e. The highest BCUT2D eigenvalue weighted by atomic mass is 16.7. The molecule has 0 aliphatic carbocycles. The van der Waals surface area contributed by atoms with Gasteiger partial charge in [-0.05, 0) is 13.8 Å². The Hall–Kier alpha value is -1.17. The van der Waals surface area contributed by atoms with Gasteiger partial charge in [-0.2, -0.15) is 0 Å². The lowest BCUT2D eigenvalue weighted by Crippen LogP contribution is -2.12. The van der Waals surface area contributed by atoms with Crippen molar-refractivity contribution in [2.45, 2.75) is 20.0 Å². The van der Waals surface area contributed by atoms with Gasteiger partial charge in [-0.3, -0.25) is 0 Å². The van der Waals surface area contributed by atoms with E-state index >= 15 is 0 Å². The third kappa shape index (κ3) is 4.98. The van der Waals surface area contributed by atoms with E-state index in [2.05, 4.69) is 15.4 Å². The van der Waals surface area contributed by atoms with Crippen LogP contribution in [0.3, 0.4) is 0 Å². The van der Waals surface area contributed by atoms with Crippen LogP contribution in [-0.4, -0.2) is 18.9 Å². The number of rotatable bonds is 2. The lowest BCUT2D eigenvalue weighted by Gasteiger charge is -2.05. The molecular weight excluding hydrogens is 132 g/mol. The first-order chi connectivity index (χ1) is 4.66. The van der Waals surface area contributed by atoms with Crippen molar-refractivity contribution < 1.29 is 14.3 Å². The molecular formula is C7H10O3. The normalized spacial score (nSPS) is 8.60. The molecule has 0 aliphatic heterocycles. The highest BCUT2D eigenvalue weighted by molar-refractivity contribution is 5.60. The first-order valence-electron chi connectivity index (χ1n) is 2.93. The Balaban J connectivity index is 3.37. The summed E-state index contributed by atoms with van der Waals surface area (Å²) in [5.41, 5.74) is 0. The van der Waals surface area contributed by atoms with E-state index < -0.39 is 6.16 Å². The van der Waals surface area contributed by atoms with Gasteiger partial charge >= 0.3 is 6.16 Å². The summed E-state index contributed by atoms with van der Waals surface area (Å²) in [4.78, 5) is 10.5. The number of ether oxygens (including phenoxy) is 2. The third-order valence-corrected chi connectivity index (χ3v) is 0.605. The van der Waals surface area contributed by atoms with E-state index in [-0.39, 0.29) is 12.7 Å². The quantitative estimate of drug-likeness (QED) is 0.429. The Kier molecular flexibility index (Phi) is 4.14. The van der Waals surface area contributed by atoms with Crippen LogP contribution in [0.15, 0.2) is 0 Å². The van der Waals surface area contributed by atoms with Crippen molar-refractivity contribution in [2.75, 3.05) is 6.61 Å². The van der Waals surface area contributed by atoms with Crippen LogP contribution in [0, 0.1) is 12.3 Å². The summed E-state index contributed by atoms with van der Waals surface area (Å²) in [5, 5.41) is 0. The number of carbonyl (C=O) groups is 1. The number of terminal acetylenes is 1. The van der Waals surface area contributed by atoms with Crippen molar-refractivity contribution in [1.29, 1.82) is 0 Å². The van der Waals surface area contributed by atoms with Crippen molar-refractivity contribution in [2.24, 2.45) is 0 Å². The summed E-state index contributed by atoms with van der Waals surface area (Å²) in [7, 11) is 0. The van der Waals surface area contributed by atoms with Gasteiger partial charge in [0.15, 0.2) is 6.61 Å². The molecule has 0 radical (unpaired) electrons. The van der Waals surface area contributed by atoms with Crippen LogP contribution in [0.4, 0.5) is 4.79 Å². The third-order valence-electron chi connectivity index (χ3n) is 0.605. The smallest absolute Gasteiger partial charge is 0.432 e. The number of hydrogen-bond donors (Lipinski definition) is 0. The molecule has 0 rings (SSSR count). The van der Waals surface area contributed by atoms with Crippen molar-refractivity contribution in [1.82, 2.24) is 0 Å². The van der Waals surface area contributed by atoms with Crippen LogP contribution >= 0.6 is 0 Å². The topological polar surface area (TPSA) is 35.5 Å². The van der Waals surface area contributed by atoms with E-state index in [9.17, 15) is 4.79 Å². The molecule has 0 saturated heterocycles. The lowest BCUT2D eigenvalue weighted by molar-refractivity contribution is 0.0425. The second kappa shape index (κ2) is 4.68. The Labute approximate surface area is 60.3 Å². The van der Waals surface area contributed by atoms with E-state index in [4.69, 9.17) is 6.42 Å². The van der Waals surface area contributed by atoms with E-state index in [1.54, 1.807) is 13.8 Å². The minimum atomic E-state index is -0.715. The van der Waals surface area contributed by atoms with Gasteiger partial charge in [0.05, 0.1) is 6.10 Å². The highest BCUT2D eigenvalue weighted by Crippen LogP contribution is 1.91. The fraction of sp³-hybridized carbons (Fsp3) is 0.571. The summed E-state index contributed by atoms with van der Waals surface area (Å²) < 4.78 is 9.00. The van der Waals surface area contributed by atoms with Gasteiger partial charge in [0.25, 0.3) is 0 Å². The van der Waals surface area contributed by atoms with Crippen LogP contribution in [0.25, 0.3) is 0 Å². The fourth-order valence-corrected chi connectivity index (χ4v) is 0.327. The molecule has 0 unspecified atom stereocenters. The molecule has 0 aromatic rings. The van der Waals surface area contributed by atoms with Gasteiger partial charge in [-0.25, -0.2) is 4.79 Å². The molecule has 10 heavy (non-hydrogen) atoms. The molecule has 56 valence electrons. The molecule has 0 N–H and O–H groups in total. The average Bonchev–Trinajstić information content (AvgIpc) is 1.82. The molecule has 0 spiro atoms. The first-order valence-corrected chi connectivity index (χ1v) is 2.93. The largest absolute Gasteiger partial charge is 0.509 e. The molecule has 0 aliphatic rings. The molecule has 0 bridgehead atoms. The van der Waals surface area contributed by atoms with Gasteiger partial charge < -0.3 is 9.47 Å². The predicted molar refractivity (Wildman–Crippen MR) is 36.4 cm³/mol. The molecule has 0 heterocycles. The van der Waals surface area contributed by atoms with Crippen LogP contribution < -0.4 is 0 Å². The maximum absolute atomic E-state index is 10.5. The zero-order valence-corrected chi connectivity index (χ0v) is 6.09. The Bertz CT molecular complexity index is 143. The summed E-state index contributed by atoms with van der Waals surface area (Å²) >= 11 is 0. The van der Waals surface area contributed by atoms with E-state index in [1.807, 2.05) is 0 Å². The number of hydrogen-bond acceptors (Lipinski definition) is 3. The second-order valence-electron chi connectivity index (χ2n) is 1.91. The fourth-order valence-electron chi connectivity index (χ4n) is 0.327. The lowest BCUT2D eigenvalue weighted by atomic mass is 10.5. The summed E-state index contributed by atoms with van der Waals surface area (Å²) in [6.07, 6.45) is 3.95. The average molecular weight is 142 g/mol. The minimum absolute atomic E-state index is 0.0362. The van der Waals surface area contributed by atoms with Crippen LogP contribution in [0.5, 0.6) is 0 Å². The molecule has 0 atom stereocenters. The first kappa shape index (κ1) is 8.83. The summed E-state index contributed by atoms with van der Waals surface area (Å²) in [5.74, 6) is 2.15. The zero-order valence-electron chi connectivity index (χ0n) is 6.09. The van der Waals surface area contributed by atoms with Gasteiger partial charge in [0.2, 0.25) is 0 Å². The van der Waals surface area contributed by atoms with Crippen molar-refractivity contribution >= 4 is 6.16 Å². The maximum atomic E-state index is 10.5. The van der Waals surface area contributed by atoms with Crippen LogP contribution in [0.1, 0.15) is 13.8 Å². The zero-order chi connectivity index (χ0) is 7.98. The van der Waals surface area contributed by atoms with Crippen molar-refractivity contribution in [3.63, 3.8) is 0 Å². The second-order valence-corrected chi connectivity index (χ2v) is 1.91.